The Morgan fingerprint density at radius 2 is 1.95 bits per heavy atom. The summed E-state index contributed by atoms with van der Waals surface area (Å²) >= 11 is 0.995. The van der Waals surface area contributed by atoms with Crippen LogP contribution in [0.25, 0.3) is 0 Å². The first-order chi connectivity index (χ1) is 8.75. The summed E-state index contributed by atoms with van der Waals surface area (Å²) < 4.78 is 40.1. The van der Waals surface area contributed by atoms with E-state index < -0.39 is 23.3 Å². The van der Waals surface area contributed by atoms with Crippen LogP contribution in [-0.4, -0.2) is 29.8 Å². The fourth-order valence-corrected chi connectivity index (χ4v) is 2.80. The van der Waals surface area contributed by atoms with Crippen molar-refractivity contribution in [1.82, 2.24) is 0 Å². The number of carbonyl (C=O) groups is 1. The van der Waals surface area contributed by atoms with E-state index in [1.54, 1.807) is 6.92 Å². The number of terminal acetylenes is 1. The molecule has 0 heterocycles. The number of hydrogen-bond acceptors (Lipinski definition) is 3. The van der Waals surface area contributed by atoms with Crippen molar-refractivity contribution < 1.29 is 22.7 Å². The summed E-state index contributed by atoms with van der Waals surface area (Å²) in [5, 5.41) is 0. The van der Waals surface area contributed by atoms with Gasteiger partial charge in [-0.1, -0.05) is 6.42 Å². The number of alkyl halides is 3. The van der Waals surface area contributed by atoms with Crippen LogP contribution in [0.15, 0.2) is 0 Å². The first kappa shape index (κ1) is 18.2. The molecule has 2 nitrogen and oxygen atoms in total. The number of halogens is 3. The Morgan fingerprint density at radius 1 is 1.32 bits per heavy atom. The van der Waals surface area contributed by atoms with Crippen LogP contribution in [0.2, 0.25) is 0 Å². The van der Waals surface area contributed by atoms with Gasteiger partial charge in [0.15, 0.2) is 0 Å². The highest BCUT2D eigenvalue weighted by Gasteiger charge is 2.36. The van der Waals surface area contributed by atoms with E-state index in [2.05, 4.69) is 10.7 Å². The summed E-state index contributed by atoms with van der Waals surface area (Å²) in [5.74, 6) is 1.85. The van der Waals surface area contributed by atoms with Crippen LogP contribution in [0.3, 0.4) is 0 Å². The van der Waals surface area contributed by atoms with Gasteiger partial charge in [-0.15, -0.1) is 24.1 Å². The average Bonchev–Trinajstić information content (AvgIpc) is 2.32. The topological polar surface area (TPSA) is 26.3 Å². The zero-order valence-corrected chi connectivity index (χ0v) is 12.0. The van der Waals surface area contributed by atoms with Crippen molar-refractivity contribution in [3.05, 3.63) is 0 Å². The highest BCUT2D eigenvalue weighted by molar-refractivity contribution is 8.01. The molecule has 0 aromatic heterocycles. The lowest BCUT2D eigenvalue weighted by molar-refractivity contribution is -0.143. The van der Waals surface area contributed by atoms with E-state index in [-0.39, 0.29) is 5.75 Å². The molecule has 1 unspecified atom stereocenters. The fourth-order valence-electron chi connectivity index (χ4n) is 1.53. The molecule has 6 heteroatoms. The van der Waals surface area contributed by atoms with Gasteiger partial charge in [0.25, 0.3) is 0 Å². The number of carbonyl (C=O) groups excluding carboxylic acids is 1. The number of unbranched alkanes of at least 4 members (excludes halogenated alkanes) is 2. The Morgan fingerprint density at radius 3 is 2.42 bits per heavy atom. The second-order valence-electron chi connectivity index (χ2n) is 4.35. The first-order valence-corrected chi connectivity index (χ1v) is 6.96. The molecule has 0 aliphatic carbocycles. The maximum absolute atomic E-state index is 12.1. The number of ether oxygens (including phenoxy) is 1. The predicted octanol–water partition coefficient (Wildman–Crippen LogP) is 3.80. The molecule has 0 saturated heterocycles. The molecule has 0 fully saturated rings. The molecule has 0 N–H and O–H groups in total. The van der Waals surface area contributed by atoms with Crippen molar-refractivity contribution in [1.29, 1.82) is 0 Å². The SMILES string of the molecule is C#CCCCCC(C)(SCCC(F)(F)F)C(=O)OC. The van der Waals surface area contributed by atoms with Crippen molar-refractivity contribution in [3.8, 4) is 12.3 Å². The third kappa shape index (κ3) is 8.04. The van der Waals surface area contributed by atoms with Crippen molar-refractivity contribution >= 4 is 17.7 Å². The second-order valence-corrected chi connectivity index (χ2v) is 5.95. The number of hydrogen-bond donors (Lipinski definition) is 0. The molecule has 0 bridgehead atoms. The van der Waals surface area contributed by atoms with Crippen molar-refractivity contribution in [3.63, 3.8) is 0 Å². The molecule has 1 atom stereocenters. The lowest BCUT2D eigenvalue weighted by Crippen LogP contribution is -2.33. The molecular formula is C13H19F3O2S. The van der Waals surface area contributed by atoms with Crippen molar-refractivity contribution in [2.24, 2.45) is 0 Å². The molecule has 0 radical (unpaired) electrons. The van der Waals surface area contributed by atoms with Crippen LogP contribution in [0.1, 0.15) is 39.0 Å². The smallest absolute Gasteiger partial charge is 0.389 e. The summed E-state index contributed by atoms with van der Waals surface area (Å²) in [4.78, 5) is 11.7. The highest BCUT2D eigenvalue weighted by Crippen LogP contribution is 2.34. The van der Waals surface area contributed by atoms with Crippen molar-refractivity contribution in [2.75, 3.05) is 12.9 Å². The molecule has 0 aliphatic heterocycles. The van der Waals surface area contributed by atoms with E-state index in [0.29, 0.717) is 19.3 Å². The van der Waals surface area contributed by atoms with E-state index in [1.807, 2.05) is 0 Å². The highest BCUT2D eigenvalue weighted by atomic mass is 32.2. The molecule has 0 aliphatic rings. The van der Waals surface area contributed by atoms with Gasteiger partial charge in [-0.25, -0.2) is 0 Å². The average molecular weight is 296 g/mol. The molecule has 19 heavy (non-hydrogen) atoms. The molecule has 0 aromatic rings. The number of rotatable bonds is 8. The molecule has 0 amide bonds. The summed E-state index contributed by atoms with van der Waals surface area (Å²) in [6, 6.07) is 0. The van der Waals surface area contributed by atoms with Crippen LogP contribution in [0.5, 0.6) is 0 Å². The van der Waals surface area contributed by atoms with Gasteiger partial charge in [-0.3, -0.25) is 4.79 Å². The third-order valence-electron chi connectivity index (χ3n) is 2.65. The van der Waals surface area contributed by atoms with Crippen LogP contribution in [0.4, 0.5) is 13.2 Å². The van der Waals surface area contributed by atoms with Gasteiger partial charge in [-0.2, -0.15) is 13.2 Å². The Labute approximate surface area is 116 Å². The summed E-state index contributed by atoms with van der Waals surface area (Å²) in [6.45, 7) is 1.62. The molecule has 110 valence electrons. The Hall–Kier alpha value is -0.830. The van der Waals surface area contributed by atoms with E-state index in [0.717, 1.165) is 18.2 Å². The van der Waals surface area contributed by atoms with Gasteiger partial charge in [0, 0.05) is 12.2 Å². The van der Waals surface area contributed by atoms with Gasteiger partial charge in [-0.05, 0) is 19.8 Å². The van der Waals surface area contributed by atoms with E-state index >= 15 is 0 Å². The summed E-state index contributed by atoms with van der Waals surface area (Å²) in [5.41, 5.74) is 0. The fraction of sp³-hybridized carbons (Fsp3) is 0.769. The van der Waals surface area contributed by atoms with E-state index in [4.69, 9.17) is 6.42 Å². The zero-order valence-electron chi connectivity index (χ0n) is 11.2. The third-order valence-corrected chi connectivity index (χ3v) is 4.06. The van der Waals surface area contributed by atoms with E-state index in [9.17, 15) is 18.0 Å². The number of esters is 1. The van der Waals surface area contributed by atoms with Crippen LogP contribution in [0, 0.1) is 12.3 Å². The van der Waals surface area contributed by atoms with Gasteiger partial charge in [0.05, 0.1) is 13.5 Å². The minimum Gasteiger partial charge on any atom is -0.468 e. The van der Waals surface area contributed by atoms with Gasteiger partial charge in [0.1, 0.15) is 4.75 Å². The maximum atomic E-state index is 12.1. The van der Waals surface area contributed by atoms with Crippen molar-refractivity contribution in [2.45, 2.75) is 50.0 Å². The van der Waals surface area contributed by atoms with Gasteiger partial charge in [0.2, 0.25) is 0 Å². The number of methoxy groups -OCH3 is 1. The predicted molar refractivity (Wildman–Crippen MR) is 70.9 cm³/mol. The first-order valence-electron chi connectivity index (χ1n) is 5.98. The molecule has 0 rings (SSSR count). The standard InChI is InChI=1S/C13H19F3O2S/c1-4-5-6-7-8-12(2,11(17)18-3)19-10-9-13(14,15)16/h1H,5-10H2,2-3H3. The zero-order chi connectivity index (χ0) is 14.9. The Bertz CT molecular complexity index is 323. The van der Waals surface area contributed by atoms with Gasteiger partial charge >= 0.3 is 12.1 Å². The van der Waals surface area contributed by atoms with Crippen LogP contribution in [-0.2, 0) is 9.53 Å². The Balaban J connectivity index is 4.35. The molecule has 0 aromatic carbocycles. The maximum Gasteiger partial charge on any atom is 0.389 e. The minimum atomic E-state index is -4.20. The minimum absolute atomic E-state index is 0.149. The molecule has 0 saturated carbocycles. The quantitative estimate of drug-likeness (QED) is 0.387. The molecule has 0 spiro atoms. The second kappa shape index (κ2) is 8.36. The Kier molecular flexibility index (Phi) is 8.00. The summed E-state index contributed by atoms with van der Waals surface area (Å²) in [7, 11) is 1.24. The normalized spacial score (nSPS) is 14.5. The van der Waals surface area contributed by atoms with Gasteiger partial charge < -0.3 is 4.74 Å². The van der Waals surface area contributed by atoms with Crippen LogP contribution < -0.4 is 0 Å². The number of thioether (sulfide) groups is 1. The molecular weight excluding hydrogens is 277 g/mol. The lowest BCUT2D eigenvalue weighted by atomic mass is 10.0. The van der Waals surface area contributed by atoms with E-state index in [1.165, 1.54) is 7.11 Å². The monoisotopic (exact) mass is 296 g/mol. The summed E-state index contributed by atoms with van der Waals surface area (Å²) in [6.07, 6.45) is 2.52. The van der Waals surface area contributed by atoms with Crippen LogP contribution >= 0.6 is 11.8 Å². The lowest BCUT2D eigenvalue weighted by Gasteiger charge is -2.26. The largest absolute Gasteiger partial charge is 0.468 e.